The molecule has 1 aliphatic heterocycles. The van der Waals surface area contributed by atoms with Gasteiger partial charge in [0, 0.05) is 32.1 Å². The van der Waals surface area contributed by atoms with Crippen LogP contribution < -0.4 is 5.32 Å². The molecule has 2 rings (SSSR count). The van der Waals surface area contributed by atoms with Gasteiger partial charge in [0.1, 0.15) is 0 Å². The predicted molar refractivity (Wildman–Crippen MR) is 67.9 cm³/mol. The molecule has 0 radical (unpaired) electrons. The fourth-order valence-electron chi connectivity index (χ4n) is 2.62. The molecule has 6 nitrogen and oxygen atoms in total. The minimum absolute atomic E-state index is 0.0207. The Labute approximate surface area is 120 Å². The number of amides is 2. The van der Waals surface area contributed by atoms with E-state index in [1.54, 1.807) is 0 Å². The number of piperidine rings is 1. The summed E-state index contributed by atoms with van der Waals surface area (Å²) in [5, 5.41) is 2.13. The molecule has 0 spiro atoms. The number of alkyl halides is 1. The molecule has 1 N–H and O–H groups in total. The predicted octanol–water partition coefficient (Wildman–Crippen LogP) is 0.298. The number of rotatable bonds is 3. The Bertz CT molecular complexity index is 481. The molecule has 108 valence electrons. The number of carbonyl (C=O) groups excluding carboxylic acids is 5. The van der Waals surface area contributed by atoms with Crippen molar-refractivity contribution < 1.29 is 24.0 Å². The summed E-state index contributed by atoms with van der Waals surface area (Å²) in [7, 11) is 0. The van der Waals surface area contributed by atoms with E-state index in [0.717, 1.165) is 0 Å². The summed E-state index contributed by atoms with van der Waals surface area (Å²) in [6.07, 6.45) is 0.444. The molecule has 1 saturated carbocycles. The maximum atomic E-state index is 12.2. The molecule has 1 saturated heterocycles. The highest BCUT2D eigenvalue weighted by atomic mass is 35.5. The van der Waals surface area contributed by atoms with Crippen molar-refractivity contribution in [1.29, 1.82) is 0 Å². The van der Waals surface area contributed by atoms with Gasteiger partial charge in [0.25, 0.3) is 0 Å². The Morgan fingerprint density at radius 1 is 1.10 bits per heavy atom. The molecular formula is C13H14ClNO5. The van der Waals surface area contributed by atoms with Gasteiger partial charge < -0.3 is 0 Å². The van der Waals surface area contributed by atoms with Crippen LogP contribution in [0.1, 0.15) is 38.5 Å². The van der Waals surface area contributed by atoms with E-state index in [0.29, 0.717) is 6.42 Å². The van der Waals surface area contributed by atoms with Crippen LogP contribution in [0.4, 0.5) is 0 Å². The maximum absolute atomic E-state index is 12.2. The normalized spacial score (nSPS) is 23.6. The number of hydrogen-bond donors (Lipinski definition) is 1. The largest absolute Gasteiger partial charge is 0.297 e. The van der Waals surface area contributed by atoms with Gasteiger partial charge in [-0.2, -0.15) is 0 Å². The van der Waals surface area contributed by atoms with Gasteiger partial charge in [-0.25, -0.2) is 0 Å². The van der Waals surface area contributed by atoms with Crippen molar-refractivity contribution in [3.8, 4) is 0 Å². The van der Waals surface area contributed by atoms with Crippen LogP contribution in [0.25, 0.3) is 0 Å². The number of ketones is 3. The molecule has 7 heteroatoms. The lowest BCUT2D eigenvalue weighted by molar-refractivity contribution is -0.140. The zero-order valence-electron chi connectivity index (χ0n) is 10.7. The van der Waals surface area contributed by atoms with Crippen molar-refractivity contribution in [2.24, 2.45) is 5.92 Å². The van der Waals surface area contributed by atoms with E-state index in [1.165, 1.54) is 0 Å². The quantitative estimate of drug-likeness (QED) is 0.459. The molecular weight excluding hydrogens is 286 g/mol. The molecule has 0 aromatic heterocycles. The first kappa shape index (κ1) is 14.8. The number of imide groups is 1. The zero-order valence-corrected chi connectivity index (χ0v) is 11.5. The lowest BCUT2D eigenvalue weighted by atomic mass is 9.79. The third-order valence-corrected chi connectivity index (χ3v) is 4.29. The fraction of sp³-hybridized carbons (Fsp3) is 0.615. The van der Waals surface area contributed by atoms with E-state index >= 15 is 0 Å². The van der Waals surface area contributed by atoms with Crippen LogP contribution in [0.15, 0.2) is 0 Å². The highest BCUT2D eigenvalue weighted by molar-refractivity contribution is 6.58. The molecule has 0 unspecified atom stereocenters. The van der Waals surface area contributed by atoms with Crippen molar-refractivity contribution >= 4 is 40.8 Å². The van der Waals surface area contributed by atoms with Crippen LogP contribution in [-0.2, 0) is 24.0 Å². The van der Waals surface area contributed by atoms with Gasteiger partial charge in [-0.05, 0) is 12.3 Å². The Kier molecular flexibility index (Phi) is 4.04. The van der Waals surface area contributed by atoms with E-state index in [9.17, 15) is 24.0 Å². The second-order valence-corrected chi connectivity index (χ2v) is 5.80. The van der Waals surface area contributed by atoms with Crippen molar-refractivity contribution in [1.82, 2.24) is 5.32 Å². The minimum atomic E-state index is -2.10. The third-order valence-electron chi connectivity index (χ3n) is 3.66. The Morgan fingerprint density at radius 2 is 1.60 bits per heavy atom. The number of nitrogens with one attached hydrogen (secondary N) is 1. The Morgan fingerprint density at radius 3 is 2.10 bits per heavy atom. The molecule has 2 fully saturated rings. The molecule has 0 atom stereocenters. The lowest BCUT2D eigenvalue weighted by Gasteiger charge is -2.29. The van der Waals surface area contributed by atoms with E-state index in [2.05, 4.69) is 5.32 Å². The molecule has 2 aliphatic rings. The van der Waals surface area contributed by atoms with Crippen LogP contribution in [0, 0.1) is 5.92 Å². The van der Waals surface area contributed by atoms with Crippen molar-refractivity contribution in [3.63, 3.8) is 0 Å². The van der Waals surface area contributed by atoms with Crippen LogP contribution in [0.5, 0.6) is 0 Å². The molecule has 1 aliphatic carbocycles. The maximum Gasteiger partial charge on any atom is 0.226 e. The monoisotopic (exact) mass is 299 g/mol. The average Bonchev–Trinajstić information content (AvgIpc) is 2.34. The molecule has 0 aromatic rings. The Balaban J connectivity index is 2.10. The van der Waals surface area contributed by atoms with Crippen LogP contribution >= 0.6 is 11.6 Å². The number of hydrogen-bond acceptors (Lipinski definition) is 5. The fourth-order valence-corrected chi connectivity index (χ4v) is 2.89. The number of halogens is 1. The highest BCUT2D eigenvalue weighted by Gasteiger charge is 2.51. The standard InChI is InChI=1S/C13H14ClNO5/c14-13(8(16)2-1-3-9(13)17)10(18)4-7-5-11(19)15-12(20)6-7/h7H,1-6H2,(H,15,19,20). The van der Waals surface area contributed by atoms with Gasteiger partial charge in [-0.1, -0.05) is 11.6 Å². The summed E-state index contributed by atoms with van der Waals surface area (Å²) >= 11 is 5.98. The van der Waals surface area contributed by atoms with Crippen molar-refractivity contribution in [2.75, 3.05) is 0 Å². The third kappa shape index (κ3) is 2.65. The first-order valence-corrected chi connectivity index (χ1v) is 6.83. The molecule has 20 heavy (non-hydrogen) atoms. The van der Waals surface area contributed by atoms with Gasteiger partial charge in [-0.15, -0.1) is 0 Å². The van der Waals surface area contributed by atoms with E-state index in [-0.39, 0.29) is 32.1 Å². The van der Waals surface area contributed by atoms with Gasteiger partial charge in [-0.3, -0.25) is 29.3 Å². The average molecular weight is 300 g/mol. The van der Waals surface area contributed by atoms with E-state index < -0.39 is 40.0 Å². The first-order valence-electron chi connectivity index (χ1n) is 6.45. The first-order chi connectivity index (χ1) is 9.34. The van der Waals surface area contributed by atoms with Gasteiger partial charge >= 0.3 is 0 Å². The summed E-state index contributed by atoms with van der Waals surface area (Å²) in [6.45, 7) is 0. The van der Waals surface area contributed by atoms with Gasteiger partial charge in [0.2, 0.25) is 16.7 Å². The molecule has 2 amide bonds. The Hall–Kier alpha value is -1.56. The molecule has 1 heterocycles. The van der Waals surface area contributed by atoms with Gasteiger partial charge in [0.05, 0.1) is 0 Å². The summed E-state index contributed by atoms with van der Waals surface area (Å²) in [4.78, 5) is 56.2. The van der Waals surface area contributed by atoms with Crippen LogP contribution in [0.3, 0.4) is 0 Å². The highest BCUT2D eigenvalue weighted by Crippen LogP contribution is 2.32. The zero-order chi connectivity index (χ0) is 14.9. The smallest absolute Gasteiger partial charge is 0.226 e. The lowest BCUT2D eigenvalue weighted by Crippen LogP contribution is -2.52. The van der Waals surface area contributed by atoms with Crippen molar-refractivity contribution in [3.05, 3.63) is 0 Å². The second-order valence-electron chi connectivity index (χ2n) is 5.23. The summed E-state index contributed by atoms with van der Waals surface area (Å²) in [5.74, 6) is -3.25. The van der Waals surface area contributed by atoms with Gasteiger partial charge in [0.15, 0.2) is 17.3 Å². The summed E-state index contributed by atoms with van der Waals surface area (Å²) < 4.78 is 0. The van der Waals surface area contributed by atoms with E-state index in [4.69, 9.17) is 11.6 Å². The number of carbonyl (C=O) groups is 5. The van der Waals surface area contributed by atoms with E-state index in [1.807, 2.05) is 0 Å². The van der Waals surface area contributed by atoms with Crippen molar-refractivity contribution in [2.45, 2.75) is 43.4 Å². The summed E-state index contributed by atoms with van der Waals surface area (Å²) in [6, 6.07) is 0. The molecule has 0 bridgehead atoms. The topological polar surface area (TPSA) is 97.4 Å². The number of Topliss-reactive ketones (excluding diaryl/α,β-unsaturated/α-hetero) is 3. The SMILES string of the molecule is O=C1CC(CC(=O)C2(Cl)C(=O)CCCC2=O)CC(=O)N1. The summed E-state index contributed by atoms with van der Waals surface area (Å²) in [5.41, 5.74) is 0. The second kappa shape index (κ2) is 5.44. The minimum Gasteiger partial charge on any atom is -0.297 e. The van der Waals surface area contributed by atoms with Crippen LogP contribution in [-0.4, -0.2) is 34.0 Å². The van der Waals surface area contributed by atoms with Crippen LogP contribution in [0.2, 0.25) is 0 Å². The molecule has 0 aromatic carbocycles.